The summed E-state index contributed by atoms with van der Waals surface area (Å²) in [6.45, 7) is 6.54. The molecule has 0 saturated heterocycles. The van der Waals surface area contributed by atoms with Gasteiger partial charge in [0.1, 0.15) is 13.2 Å². The van der Waals surface area contributed by atoms with Crippen molar-refractivity contribution in [2.24, 2.45) is 0 Å². The lowest BCUT2D eigenvalue weighted by atomic mass is 10.1. The van der Waals surface area contributed by atoms with Crippen LogP contribution in [0.25, 0.3) is 0 Å². The van der Waals surface area contributed by atoms with Crippen molar-refractivity contribution in [1.82, 2.24) is 0 Å². The number of rotatable bonds is 52. The molecular weight excluding hydrogens is 817 g/mol. The van der Waals surface area contributed by atoms with Crippen LogP contribution >= 0.6 is 0 Å². The standard InChI is InChI=1S/C60H108O6/c1-4-7-10-13-16-19-22-24-26-28-30-32-33-35-38-41-44-47-50-53-59(62)65-56-57(55-64-58(61)52-49-46-43-40-37-21-18-15-12-9-6-3)66-60(63)54-51-48-45-42-39-36-34-31-29-27-25-23-20-17-14-11-8-5-2/h7,10,16,19,24,26,31,34,57H,4-6,8-9,11-15,17-18,20-23,25,27-30,32-33,35-56H2,1-3H3/b10-7-,19-16-,26-24-,34-31-. The Kier molecular flexibility index (Phi) is 52.8. The second-order valence-electron chi connectivity index (χ2n) is 19.2. The van der Waals surface area contributed by atoms with Gasteiger partial charge in [-0.1, -0.05) is 249 Å². The molecule has 6 heteroatoms. The largest absolute Gasteiger partial charge is 0.462 e. The van der Waals surface area contributed by atoms with Gasteiger partial charge >= 0.3 is 17.9 Å². The molecule has 1 atom stereocenters. The molecule has 0 fully saturated rings. The van der Waals surface area contributed by atoms with Gasteiger partial charge in [-0.2, -0.15) is 0 Å². The van der Waals surface area contributed by atoms with Gasteiger partial charge in [-0.3, -0.25) is 14.4 Å². The van der Waals surface area contributed by atoms with Crippen LogP contribution < -0.4 is 0 Å². The Hall–Kier alpha value is -2.63. The molecular formula is C60H108O6. The normalized spacial score (nSPS) is 12.3. The fourth-order valence-electron chi connectivity index (χ4n) is 8.28. The minimum Gasteiger partial charge on any atom is -0.462 e. The summed E-state index contributed by atoms with van der Waals surface area (Å²) in [5.41, 5.74) is 0. The van der Waals surface area contributed by atoms with E-state index >= 15 is 0 Å². The Morgan fingerprint density at radius 1 is 0.318 bits per heavy atom. The van der Waals surface area contributed by atoms with Crippen LogP contribution in [0.5, 0.6) is 0 Å². The van der Waals surface area contributed by atoms with E-state index in [9.17, 15) is 14.4 Å². The summed E-state index contributed by atoms with van der Waals surface area (Å²) in [7, 11) is 0. The lowest BCUT2D eigenvalue weighted by molar-refractivity contribution is -0.167. The number of hydrogen-bond donors (Lipinski definition) is 0. The summed E-state index contributed by atoms with van der Waals surface area (Å²) in [5.74, 6) is -0.877. The monoisotopic (exact) mass is 925 g/mol. The van der Waals surface area contributed by atoms with Crippen LogP contribution in [0.15, 0.2) is 48.6 Å². The van der Waals surface area contributed by atoms with Gasteiger partial charge in [-0.05, 0) is 77.0 Å². The van der Waals surface area contributed by atoms with Crippen LogP contribution in [-0.2, 0) is 28.6 Å². The molecule has 1 unspecified atom stereocenters. The maximum Gasteiger partial charge on any atom is 0.306 e. The van der Waals surface area contributed by atoms with Crippen LogP contribution in [0.2, 0.25) is 0 Å². The molecule has 0 heterocycles. The summed E-state index contributed by atoms with van der Waals surface area (Å²) in [5, 5.41) is 0. The molecule has 6 nitrogen and oxygen atoms in total. The highest BCUT2D eigenvalue weighted by Gasteiger charge is 2.19. The molecule has 0 radical (unpaired) electrons. The van der Waals surface area contributed by atoms with E-state index in [4.69, 9.17) is 14.2 Å². The second kappa shape index (κ2) is 55.0. The summed E-state index contributed by atoms with van der Waals surface area (Å²) in [6, 6.07) is 0. The predicted octanol–water partition coefficient (Wildman–Crippen LogP) is 19.0. The first-order valence-corrected chi connectivity index (χ1v) is 28.6. The van der Waals surface area contributed by atoms with Crippen molar-refractivity contribution in [3.05, 3.63) is 48.6 Å². The van der Waals surface area contributed by atoms with Gasteiger partial charge in [0, 0.05) is 19.3 Å². The van der Waals surface area contributed by atoms with Crippen molar-refractivity contribution in [1.29, 1.82) is 0 Å². The number of unbranched alkanes of at least 4 members (excludes halogenated alkanes) is 33. The van der Waals surface area contributed by atoms with Crippen LogP contribution in [0.4, 0.5) is 0 Å². The van der Waals surface area contributed by atoms with E-state index in [0.29, 0.717) is 19.3 Å². The van der Waals surface area contributed by atoms with Crippen molar-refractivity contribution in [3.63, 3.8) is 0 Å². The molecule has 0 bridgehead atoms. The molecule has 0 rings (SSSR count). The molecule has 384 valence electrons. The van der Waals surface area contributed by atoms with E-state index in [0.717, 1.165) is 83.5 Å². The van der Waals surface area contributed by atoms with Crippen molar-refractivity contribution in [2.75, 3.05) is 13.2 Å². The predicted molar refractivity (Wildman–Crippen MR) is 284 cm³/mol. The molecule has 0 aromatic heterocycles. The zero-order valence-corrected chi connectivity index (χ0v) is 44.0. The van der Waals surface area contributed by atoms with Crippen LogP contribution in [-0.4, -0.2) is 37.2 Å². The van der Waals surface area contributed by atoms with E-state index in [1.54, 1.807) is 0 Å². The van der Waals surface area contributed by atoms with E-state index in [1.807, 2.05) is 0 Å². The molecule has 0 aliphatic carbocycles. The van der Waals surface area contributed by atoms with Crippen LogP contribution in [0.1, 0.15) is 297 Å². The first-order valence-electron chi connectivity index (χ1n) is 28.6. The van der Waals surface area contributed by atoms with Gasteiger partial charge in [-0.25, -0.2) is 0 Å². The number of carbonyl (C=O) groups excluding carboxylic acids is 3. The van der Waals surface area contributed by atoms with Crippen molar-refractivity contribution in [3.8, 4) is 0 Å². The van der Waals surface area contributed by atoms with Gasteiger partial charge in [-0.15, -0.1) is 0 Å². The highest BCUT2D eigenvalue weighted by Crippen LogP contribution is 2.16. The van der Waals surface area contributed by atoms with E-state index in [-0.39, 0.29) is 31.1 Å². The smallest absolute Gasteiger partial charge is 0.306 e. The number of hydrogen-bond acceptors (Lipinski definition) is 6. The molecule has 0 N–H and O–H groups in total. The Balaban J connectivity index is 4.32. The highest BCUT2D eigenvalue weighted by molar-refractivity contribution is 5.71. The lowest BCUT2D eigenvalue weighted by Crippen LogP contribution is -2.30. The fraction of sp³-hybridized carbons (Fsp3) is 0.817. The lowest BCUT2D eigenvalue weighted by Gasteiger charge is -2.18. The second-order valence-corrected chi connectivity index (χ2v) is 19.2. The van der Waals surface area contributed by atoms with Gasteiger partial charge in [0.2, 0.25) is 0 Å². The third kappa shape index (κ3) is 52.3. The Bertz CT molecular complexity index is 1150. The Morgan fingerprint density at radius 3 is 0.939 bits per heavy atom. The minimum atomic E-state index is -0.777. The maximum atomic E-state index is 12.8. The molecule has 0 aliphatic heterocycles. The molecule has 0 aliphatic rings. The summed E-state index contributed by atoms with van der Waals surface area (Å²) in [4.78, 5) is 38.1. The molecule has 0 amide bonds. The SMILES string of the molecule is CC/C=C\C/C=C\C/C=C\CCCCCCCCCCCC(=O)OCC(COC(=O)CCCCCCCCCCCCC)OC(=O)CCCCCCC/C=C\CCCCCCCCCCC. The van der Waals surface area contributed by atoms with E-state index in [1.165, 1.54) is 173 Å². The quantitative estimate of drug-likeness (QED) is 0.0262. The molecule has 0 saturated carbocycles. The Labute approximate surface area is 409 Å². The van der Waals surface area contributed by atoms with Crippen molar-refractivity contribution >= 4 is 17.9 Å². The van der Waals surface area contributed by atoms with Gasteiger partial charge in [0.05, 0.1) is 0 Å². The third-order valence-electron chi connectivity index (χ3n) is 12.6. The van der Waals surface area contributed by atoms with Crippen molar-refractivity contribution in [2.45, 2.75) is 303 Å². The summed E-state index contributed by atoms with van der Waals surface area (Å²) >= 11 is 0. The summed E-state index contributed by atoms with van der Waals surface area (Å²) in [6.07, 6.45) is 66.7. The van der Waals surface area contributed by atoms with Gasteiger partial charge in [0.25, 0.3) is 0 Å². The highest BCUT2D eigenvalue weighted by atomic mass is 16.6. The number of esters is 3. The molecule has 0 aromatic carbocycles. The molecule has 0 spiro atoms. The topological polar surface area (TPSA) is 78.9 Å². The Morgan fingerprint density at radius 2 is 0.591 bits per heavy atom. The zero-order chi connectivity index (χ0) is 47.9. The zero-order valence-electron chi connectivity index (χ0n) is 44.0. The first kappa shape index (κ1) is 63.4. The number of carbonyl (C=O) groups is 3. The van der Waals surface area contributed by atoms with Crippen LogP contribution in [0.3, 0.4) is 0 Å². The minimum absolute atomic E-state index is 0.0751. The number of ether oxygens (including phenoxy) is 3. The fourth-order valence-corrected chi connectivity index (χ4v) is 8.28. The molecule has 66 heavy (non-hydrogen) atoms. The van der Waals surface area contributed by atoms with E-state index < -0.39 is 6.10 Å². The molecule has 0 aromatic rings. The third-order valence-corrected chi connectivity index (χ3v) is 12.6. The van der Waals surface area contributed by atoms with E-state index in [2.05, 4.69) is 69.4 Å². The van der Waals surface area contributed by atoms with Crippen LogP contribution in [0, 0.1) is 0 Å². The summed E-state index contributed by atoms with van der Waals surface area (Å²) < 4.78 is 16.9. The first-order chi connectivity index (χ1) is 32.5. The van der Waals surface area contributed by atoms with Gasteiger partial charge < -0.3 is 14.2 Å². The van der Waals surface area contributed by atoms with Gasteiger partial charge in [0.15, 0.2) is 6.10 Å². The average molecular weight is 926 g/mol. The average Bonchev–Trinajstić information content (AvgIpc) is 3.31. The van der Waals surface area contributed by atoms with Crippen molar-refractivity contribution < 1.29 is 28.6 Å². The maximum absolute atomic E-state index is 12.8. The number of allylic oxidation sites excluding steroid dienone is 8.